The molecule has 0 saturated carbocycles. The second-order valence-corrected chi connectivity index (χ2v) is 6.91. The molecule has 0 atom stereocenters. The fraction of sp³-hybridized carbons (Fsp3) is 0.263. The minimum absolute atomic E-state index is 0.0867. The topological polar surface area (TPSA) is 118 Å². The maximum absolute atomic E-state index is 12.6. The third-order valence-electron chi connectivity index (χ3n) is 4.89. The van der Waals surface area contributed by atoms with Crippen LogP contribution >= 0.6 is 0 Å². The fourth-order valence-corrected chi connectivity index (χ4v) is 3.21. The summed E-state index contributed by atoms with van der Waals surface area (Å²) in [6.07, 6.45) is -3.36. The van der Waals surface area contributed by atoms with E-state index in [1.165, 1.54) is 30.5 Å². The summed E-state index contributed by atoms with van der Waals surface area (Å²) < 4.78 is 42.0. The molecular formula is C19H15F3N6O4. The van der Waals surface area contributed by atoms with Gasteiger partial charge in [-0.15, -0.1) is 0 Å². The van der Waals surface area contributed by atoms with Crippen molar-refractivity contribution in [2.24, 2.45) is 0 Å². The zero-order chi connectivity index (χ0) is 22.9. The molecule has 0 bridgehead atoms. The lowest BCUT2D eigenvalue weighted by molar-refractivity contribution is -0.384. The first-order valence-corrected chi connectivity index (χ1v) is 9.38. The second-order valence-electron chi connectivity index (χ2n) is 6.91. The van der Waals surface area contributed by atoms with Crippen molar-refractivity contribution in [1.29, 1.82) is 0 Å². The molecule has 0 spiro atoms. The molecule has 4 rings (SSSR count). The molecule has 3 aromatic rings. The van der Waals surface area contributed by atoms with Crippen molar-refractivity contribution in [1.82, 2.24) is 20.0 Å². The summed E-state index contributed by atoms with van der Waals surface area (Å²) in [5.74, 6) is -1.27. The van der Waals surface area contributed by atoms with E-state index in [1.54, 1.807) is 17.0 Å². The maximum Gasteiger partial charge on any atom is 0.471 e. The standard InChI is InChI=1S/C19H15F3N6O4/c20-19(21,22)18-24-16(25-32-18)13-3-6-15(23-11-13)26-7-9-27(10-8-26)17(29)12-1-4-14(5-2-12)28(30)31/h1-6,11H,7-10H2. The van der Waals surface area contributed by atoms with E-state index in [9.17, 15) is 28.1 Å². The zero-order valence-corrected chi connectivity index (χ0v) is 16.3. The van der Waals surface area contributed by atoms with E-state index in [0.717, 1.165) is 0 Å². The number of nitrogens with zero attached hydrogens (tertiary/aromatic N) is 6. The number of nitro groups is 1. The lowest BCUT2D eigenvalue weighted by Crippen LogP contribution is -2.49. The Labute approximate surface area is 178 Å². The first kappa shape index (κ1) is 21.2. The van der Waals surface area contributed by atoms with Crippen molar-refractivity contribution < 1.29 is 27.4 Å². The first-order valence-electron chi connectivity index (χ1n) is 9.38. The van der Waals surface area contributed by atoms with Crippen LogP contribution in [0.2, 0.25) is 0 Å². The molecule has 166 valence electrons. The van der Waals surface area contributed by atoms with Crippen molar-refractivity contribution >= 4 is 17.4 Å². The third kappa shape index (κ3) is 4.36. The van der Waals surface area contributed by atoms with Crippen molar-refractivity contribution in [3.63, 3.8) is 0 Å². The monoisotopic (exact) mass is 448 g/mol. The van der Waals surface area contributed by atoms with Crippen LogP contribution in [0.25, 0.3) is 11.4 Å². The van der Waals surface area contributed by atoms with Crippen LogP contribution in [0.15, 0.2) is 47.1 Å². The Bertz CT molecular complexity index is 1120. The van der Waals surface area contributed by atoms with Gasteiger partial charge in [-0.05, 0) is 24.3 Å². The van der Waals surface area contributed by atoms with Gasteiger partial charge in [-0.25, -0.2) is 4.98 Å². The van der Waals surface area contributed by atoms with Crippen molar-refractivity contribution in [3.8, 4) is 11.4 Å². The van der Waals surface area contributed by atoms with Gasteiger partial charge in [0, 0.05) is 55.6 Å². The fourth-order valence-electron chi connectivity index (χ4n) is 3.21. The molecule has 1 aliphatic heterocycles. The number of rotatable bonds is 4. The minimum Gasteiger partial charge on any atom is -0.353 e. The lowest BCUT2D eigenvalue weighted by Gasteiger charge is -2.35. The summed E-state index contributed by atoms with van der Waals surface area (Å²) in [6.45, 7) is 1.81. The summed E-state index contributed by atoms with van der Waals surface area (Å²) in [7, 11) is 0. The molecule has 10 nitrogen and oxygen atoms in total. The molecule has 0 unspecified atom stereocenters. The molecular weight excluding hydrogens is 433 g/mol. The van der Waals surface area contributed by atoms with Crippen molar-refractivity contribution in [2.75, 3.05) is 31.1 Å². The van der Waals surface area contributed by atoms with Crippen LogP contribution in [0.1, 0.15) is 16.2 Å². The maximum atomic E-state index is 12.6. The second kappa shape index (κ2) is 8.24. The highest BCUT2D eigenvalue weighted by Gasteiger charge is 2.38. The molecule has 0 N–H and O–H groups in total. The van der Waals surface area contributed by atoms with Gasteiger partial charge in [0.15, 0.2) is 0 Å². The van der Waals surface area contributed by atoms with Gasteiger partial charge < -0.3 is 14.3 Å². The number of benzene rings is 1. The highest BCUT2D eigenvalue weighted by Crippen LogP contribution is 2.29. The average molecular weight is 448 g/mol. The number of non-ortho nitro benzene ring substituents is 1. The molecule has 1 aromatic carbocycles. The van der Waals surface area contributed by atoms with E-state index >= 15 is 0 Å². The van der Waals surface area contributed by atoms with E-state index in [0.29, 0.717) is 37.6 Å². The zero-order valence-electron chi connectivity index (χ0n) is 16.3. The largest absolute Gasteiger partial charge is 0.471 e. The van der Waals surface area contributed by atoms with Crippen LogP contribution in [0.3, 0.4) is 0 Å². The van der Waals surface area contributed by atoms with Gasteiger partial charge in [-0.3, -0.25) is 14.9 Å². The highest BCUT2D eigenvalue weighted by atomic mass is 19.4. The predicted octanol–water partition coefficient (Wildman–Crippen LogP) is 3.02. The predicted molar refractivity (Wildman–Crippen MR) is 104 cm³/mol. The van der Waals surface area contributed by atoms with Gasteiger partial charge >= 0.3 is 12.1 Å². The number of nitro benzene ring substituents is 1. The average Bonchev–Trinajstić information content (AvgIpc) is 3.30. The number of amides is 1. The van der Waals surface area contributed by atoms with E-state index in [2.05, 4.69) is 19.6 Å². The number of alkyl halides is 3. The molecule has 3 heterocycles. The summed E-state index contributed by atoms with van der Waals surface area (Å²) in [4.78, 5) is 34.0. The van der Waals surface area contributed by atoms with Crippen molar-refractivity contribution in [2.45, 2.75) is 6.18 Å². The summed E-state index contributed by atoms with van der Waals surface area (Å²) in [6, 6.07) is 8.60. The molecule has 1 aliphatic rings. The Hall–Kier alpha value is -4.03. The SMILES string of the molecule is O=C(c1ccc([N+](=O)[O-])cc1)N1CCN(c2ccc(-c3noc(C(F)(F)F)n3)cn2)CC1. The molecule has 0 radical (unpaired) electrons. The Morgan fingerprint density at radius 2 is 1.75 bits per heavy atom. The van der Waals surface area contributed by atoms with Gasteiger partial charge in [0.2, 0.25) is 5.82 Å². The number of anilines is 1. The molecule has 1 amide bonds. The smallest absolute Gasteiger partial charge is 0.353 e. The molecule has 1 fully saturated rings. The Kier molecular flexibility index (Phi) is 5.47. The summed E-state index contributed by atoms with van der Waals surface area (Å²) in [5.41, 5.74) is 0.557. The first-order chi connectivity index (χ1) is 15.2. The van der Waals surface area contributed by atoms with Gasteiger partial charge in [0.05, 0.1) is 4.92 Å². The van der Waals surface area contributed by atoms with Crippen LogP contribution in [0.5, 0.6) is 0 Å². The quantitative estimate of drug-likeness (QED) is 0.442. The van der Waals surface area contributed by atoms with Gasteiger partial charge in [-0.2, -0.15) is 18.2 Å². The van der Waals surface area contributed by atoms with Crippen LogP contribution in [0, 0.1) is 10.1 Å². The van der Waals surface area contributed by atoms with Crippen LogP contribution in [-0.2, 0) is 6.18 Å². The highest BCUT2D eigenvalue weighted by molar-refractivity contribution is 5.94. The number of carbonyl (C=O) groups excluding carboxylic acids is 1. The number of hydrogen-bond donors (Lipinski definition) is 0. The Balaban J connectivity index is 1.37. The summed E-state index contributed by atoms with van der Waals surface area (Å²) >= 11 is 0. The van der Waals surface area contributed by atoms with Gasteiger partial charge in [-0.1, -0.05) is 5.16 Å². The van der Waals surface area contributed by atoms with E-state index in [4.69, 9.17) is 0 Å². The van der Waals surface area contributed by atoms with Crippen LogP contribution < -0.4 is 4.90 Å². The van der Waals surface area contributed by atoms with Gasteiger partial charge in [0.25, 0.3) is 11.6 Å². The Morgan fingerprint density at radius 3 is 2.28 bits per heavy atom. The molecule has 0 aliphatic carbocycles. The van der Waals surface area contributed by atoms with Crippen LogP contribution in [-0.4, -0.2) is 57.0 Å². The van der Waals surface area contributed by atoms with Crippen molar-refractivity contribution in [3.05, 3.63) is 64.2 Å². The third-order valence-corrected chi connectivity index (χ3v) is 4.89. The van der Waals surface area contributed by atoms with E-state index < -0.39 is 17.0 Å². The number of aromatic nitrogens is 3. The number of carbonyl (C=O) groups is 1. The number of hydrogen-bond acceptors (Lipinski definition) is 8. The normalized spacial score (nSPS) is 14.5. The number of halogens is 3. The van der Waals surface area contributed by atoms with Crippen LogP contribution in [0.4, 0.5) is 24.7 Å². The lowest BCUT2D eigenvalue weighted by atomic mass is 10.1. The molecule has 32 heavy (non-hydrogen) atoms. The number of piperazine rings is 1. The molecule has 1 saturated heterocycles. The van der Waals surface area contributed by atoms with E-state index in [-0.39, 0.29) is 23.0 Å². The van der Waals surface area contributed by atoms with E-state index in [1.807, 2.05) is 4.90 Å². The van der Waals surface area contributed by atoms with Gasteiger partial charge in [0.1, 0.15) is 5.82 Å². The summed E-state index contributed by atoms with van der Waals surface area (Å²) in [5, 5.41) is 14.1. The molecule has 2 aromatic heterocycles. The Morgan fingerprint density at radius 1 is 1.06 bits per heavy atom. The minimum atomic E-state index is -4.72. The molecule has 13 heteroatoms. The number of pyridine rings is 1.